The summed E-state index contributed by atoms with van der Waals surface area (Å²) in [7, 11) is 3.73. The molecular formula is C19H32N4O4. The van der Waals surface area contributed by atoms with Crippen molar-refractivity contribution in [3.63, 3.8) is 0 Å². The standard InChI is InChI=1S/C19H32N4O4/c1-5-8-26-17-10-14(6-7-16(17)21-18(24)12-23(3)4)19(25)20-11-15-9-13(2)27-22-15/h9,14,16-17H,5-8,10-12H2,1-4H3,(H,20,25)(H,21,24)/t14-,16-,17-/m0/s1. The summed E-state index contributed by atoms with van der Waals surface area (Å²) >= 11 is 0. The molecule has 0 radical (unpaired) electrons. The van der Waals surface area contributed by atoms with E-state index >= 15 is 0 Å². The molecule has 0 spiro atoms. The van der Waals surface area contributed by atoms with Crippen LogP contribution < -0.4 is 10.6 Å². The molecule has 1 heterocycles. The van der Waals surface area contributed by atoms with Crippen LogP contribution in [0.1, 0.15) is 44.1 Å². The summed E-state index contributed by atoms with van der Waals surface area (Å²) in [5.41, 5.74) is 0.712. The lowest BCUT2D eigenvalue weighted by Gasteiger charge is -2.36. The second-order valence-corrected chi connectivity index (χ2v) is 7.48. The molecule has 1 fully saturated rings. The van der Waals surface area contributed by atoms with Crippen molar-refractivity contribution >= 4 is 11.8 Å². The molecule has 2 N–H and O–H groups in total. The van der Waals surface area contributed by atoms with Crippen LogP contribution in [0.5, 0.6) is 0 Å². The van der Waals surface area contributed by atoms with E-state index in [-0.39, 0.29) is 29.9 Å². The molecule has 3 atom stereocenters. The molecule has 2 amide bonds. The van der Waals surface area contributed by atoms with E-state index in [0.717, 1.165) is 25.0 Å². The second-order valence-electron chi connectivity index (χ2n) is 7.48. The predicted molar refractivity (Wildman–Crippen MR) is 101 cm³/mol. The van der Waals surface area contributed by atoms with Crippen molar-refractivity contribution in [2.45, 2.75) is 58.2 Å². The van der Waals surface area contributed by atoms with Crippen LogP contribution in [0.15, 0.2) is 10.6 Å². The number of aryl methyl sites for hydroxylation is 1. The van der Waals surface area contributed by atoms with Gasteiger partial charge in [0.15, 0.2) is 0 Å². The van der Waals surface area contributed by atoms with Gasteiger partial charge in [-0.25, -0.2) is 0 Å². The molecule has 8 nitrogen and oxygen atoms in total. The number of nitrogens with zero attached hydrogens (tertiary/aromatic N) is 2. The van der Waals surface area contributed by atoms with Gasteiger partial charge >= 0.3 is 0 Å². The average molecular weight is 380 g/mol. The van der Waals surface area contributed by atoms with Crippen LogP contribution in [-0.2, 0) is 20.9 Å². The molecule has 0 aliphatic heterocycles. The quantitative estimate of drug-likeness (QED) is 0.669. The van der Waals surface area contributed by atoms with E-state index in [0.29, 0.717) is 31.8 Å². The van der Waals surface area contributed by atoms with E-state index in [2.05, 4.69) is 15.8 Å². The average Bonchev–Trinajstić information content (AvgIpc) is 3.03. The van der Waals surface area contributed by atoms with Crippen LogP contribution in [-0.4, -0.2) is 61.3 Å². The Kier molecular flexibility index (Phi) is 8.24. The number of hydrogen-bond acceptors (Lipinski definition) is 6. The molecule has 27 heavy (non-hydrogen) atoms. The van der Waals surface area contributed by atoms with Gasteiger partial charge in [0.1, 0.15) is 11.5 Å². The first-order chi connectivity index (χ1) is 12.9. The Morgan fingerprint density at radius 2 is 2.15 bits per heavy atom. The first-order valence-electron chi connectivity index (χ1n) is 9.64. The molecule has 0 unspecified atom stereocenters. The highest BCUT2D eigenvalue weighted by molar-refractivity contribution is 5.79. The summed E-state index contributed by atoms with van der Waals surface area (Å²) < 4.78 is 11.0. The van der Waals surface area contributed by atoms with Crippen LogP contribution in [0.2, 0.25) is 0 Å². The van der Waals surface area contributed by atoms with E-state index in [4.69, 9.17) is 9.26 Å². The van der Waals surface area contributed by atoms with Crippen molar-refractivity contribution in [2.75, 3.05) is 27.2 Å². The number of hydrogen-bond donors (Lipinski definition) is 2. The predicted octanol–water partition coefficient (Wildman–Crippen LogP) is 1.24. The van der Waals surface area contributed by atoms with Crippen LogP contribution in [0.3, 0.4) is 0 Å². The molecule has 0 bridgehead atoms. The zero-order valence-electron chi connectivity index (χ0n) is 16.8. The Morgan fingerprint density at radius 3 is 2.78 bits per heavy atom. The Hall–Kier alpha value is -1.93. The summed E-state index contributed by atoms with van der Waals surface area (Å²) in [6.45, 7) is 5.19. The highest BCUT2D eigenvalue weighted by atomic mass is 16.5. The second kappa shape index (κ2) is 10.4. The van der Waals surface area contributed by atoms with Gasteiger partial charge in [-0.15, -0.1) is 0 Å². The fourth-order valence-corrected chi connectivity index (χ4v) is 3.35. The molecule has 1 aromatic rings. The van der Waals surface area contributed by atoms with Crippen molar-refractivity contribution in [2.24, 2.45) is 5.92 Å². The summed E-state index contributed by atoms with van der Waals surface area (Å²) in [6.07, 6.45) is 2.82. The third-order valence-corrected chi connectivity index (χ3v) is 4.63. The topological polar surface area (TPSA) is 96.7 Å². The van der Waals surface area contributed by atoms with Gasteiger partial charge in [-0.1, -0.05) is 12.1 Å². The Morgan fingerprint density at radius 1 is 1.37 bits per heavy atom. The van der Waals surface area contributed by atoms with Gasteiger partial charge in [-0.05, 0) is 46.7 Å². The number of carbonyl (C=O) groups is 2. The van der Waals surface area contributed by atoms with Gasteiger partial charge in [0.05, 0.1) is 25.2 Å². The summed E-state index contributed by atoms with van der Waals surface area (Å²) in [5, 5.41) is 9.89. The molecule has 0 aromatic carbocycles. The molecule has 8 heteroatoms. The smallest absolute Gasteiger partial charge is 0.234 e. The number of nitrogens with one attached hydrogen (secondary N) is 2. The fourth-order valence-electron chi connectivity index (χ4n) is 3.35. The first kappa shape index (κ1) is 21.4. The largest absolute Gasteiger partial charge is 0.376 e. The van der Waals surface area contributed by atoms with Gasteiger partial charge in [-0.2, -0.15) is 0 Å². The van der Waals surface area contributed by atoms with E-state index in [9.17, 15) is 9.59 Å². The molecular weight excluding hydrogens is 348 g/mol. The van der Waals surface area contributed by atoms with Gasteiger partial charge in [0, 0.05) is 18.6 Å². The molecule has 0 saturated heterocycles. The van der Waals surface area contributed by atoms with Gasteiger partial charge < -0.3 is 24.8 Å². The van der Waals surface area contributed by atoms with Gasteiger partial charge in [0.2, 0.25) is 11.8 Å². The lowest BCUT2D eigenvalue weighted by molar-refractivity contribution is -0.130. The highest BCUT2D eigenvalue weighted by Crippen LogP contribution is 2.27. The van der Waals surface area contributed by atoms with E-state index in [1.807, 2.05) is 38.9 Å². The zero-order valence-corrected chi connectivity index (χ0v) is 16.8. The SMILES string of the molecule is CCCO[C@H]1C[C@@H](C(=O)NCc2cc(C)on2)CC[C@@H]1NC(=O)CN(C)C. The maximum Gasteiger partial charge on any atom is 0.234 e. The molecule has 2 rings (SSSR count). The maximum absolute atomic E-state index is 12.6. The zero-order chi connectivity index (χ0) is 19.8. The van der Waals surface area contributed by atoms with Crippen LogP contribution >= 0.6 is 0 Å². The van der Waals surface area contributed by atoms with Crippen molar-refractivity contribution < 1.29 is 18.8 Å². The van der Waals surface area contributed by atoms with Crippen molar-refractivity contribution in [1.29, 1.82) is 0 Å². The summed E-state index contributed by atoms with van der Waals surface area (Å²) in [4.78, 5) is 26.5. The number of rotatable bonds is 9. The van der Waals surface area contributed by atoms with E-state index in [1.54, 1.807) is 0 Å². The maximum atomic E-state index is 12.6. The Balaban J connectivity index is 1.88. The number of likely N-dealkylation sites (N-methyl/N-ethyl adjacent to an activating group) is 1. The highest BCUT2D eigenvalue weighted by Gasteiger charge is 2.35. The molecule has 1 aliphatic rings. The van der Waals surface area contributed by atoms with Crippen LogP contribution in [0, 0.1) is 12.8 Å². The third kappa shape index (κ3) is 6.95. The minimum absolute atomic E-state index is 0.00109. The number of ether oxygens (including phenoxy) is 1. The lowest BCUT2D eigenvalue weighted by atomic mass is 9.83. The minimum atomic E-state index is -0.144. The van der Waals surface area contributed by atoms with E-state index in [1.165, 1.54) is 0 Å². The number of carbonyl (C=O) groups excluding carboxylic acids is 2. The first-order valence-corrected chi connectivity index (χ1v) is 9.64. The van der Waals surface area contributed by atoms with Crippen molar-refractivity contribution in [3.05, 3.63) is 17.5 Å². The summed E-state index contributed by atoms with van der Waals surface area (Å²) in [5.74, 6) is 0.585. The van der Waals surface area contributed by atoms with Gasteiger partial charge in [-0.3, -0.25) is 9.59 Å². The molecule has 1 aromatic heterocycles. The third-order valence-electron chi connectivity index (χ3n) is 4.63. The van der Waals surface area contributed by atoms with Crippen molar-refractivity contribution in [3.8, 4) is 0 Å². The molecule has 1 saturated carbocycles. The fraction of sp³-hybridized carbons (Fsp3) is 0.737. The van der Waals surface area contributed by atoms with E-state index < -0.39 is 0 Å². The number of amides is 2. The Bertz CT molecular complexity index is 617. The van der Waals surface area contributed by atoms with Crippen LogP contribution in [0.4, 0.5) is 0 Å². The van der Waals surface area contributed by atoms with Crippen molar-refractivity contribution in [1.82, 2.24) is 20.7 Å². The normalized spacial score (nSPS) is 22.6. The number of aromatic nitrogens is 1. The minimum Gasteiger partial charge on any atom is -0.376 e. The van der Waals surface area contributed by atoms with Gasteiger partial charge in [0.25, 0.3) is 0 Å². The lowest BCUT2D eigenvalue weighted by Crippen LogP contribution is -2.51. The Labute approximate surface area is 161 Å². The van der Waals surface area contributed by atoms with Crippen LogP contribution in [0.25, 0.3) is 0 Å². The summed E-state index contributed by atoms with van der Waals surface area (Å²) in [6, 6.07) is 1.76. The molecule has 1 aliphatic carbocycles. The monoisotopic (exact) mass is 380 g/mol. The molecule has 152 valence electrons.